The lowest BCUT2D eigenvalue weighted by molar-refractivity contribution is -0.154. The first-order chi connectivity index (χ1) is 11.1. The van der Waals surface area contributed by atoms with E-state index in [1.54, 1.807) is 17.1 Å². The Morgan fingerprint density at radius 3 is 2.43 bits per heavy atom. The number of nitrogens with zero attached hydrogens (tertiary/aromatic N) is 1. The number of nitrogens with two attached hydrogens (primary N) is 1. The van der Waals surface area contributed by atoms with Crippen molar-refractivity contribution in [2.45, 2.75) is 12.8 Å². The Kier molecular flexibility index (Phi) is 5.91. The molecule has 23 heavy (non-hydrogen) atoms. The molecule has 2 amide bonds. The van der Waals surface area contributed by atoms with Gasteiger partial charge < -0.3 is 15.4 Å². The van der Waals surface area contributed by atoms with E-state index in [0.717, 1.165) is 5.56 Å². The van der Waals surface area contributed by atoms with E-state index in [4.69, 9.17) is 10.5 Å². The summed E-state index contributed by atoms with van der Waals surface area (Å²) in [5.74, 6) is -1.44. The number of esters is 1. The number of carbonyl (C=O) groups excluding carboxylic acids is 3. The number of likely N-dealkylation sites (tertiary alicyclic amines) is 1. The number of rotatable bonds is 5. The third-order valence-corrected chi connectivity index (χ3v) is 3.71. The predicted octanol–water partition coefficient (Wildman–Crippen LogP) is 0.967. The van der Waals surface area contributed by atoms with Crippen LogP contribution < -0.4 is 5.73 Å². The van der Waals surface area contributed by atoms with Gasteiger partial charge in [-0.3, -0.25) is 14.4 Å². The average Bonchev–Trinajstić information content (AvgIpc) is 2.58. The molecule has 122 valence electrons. The van der Waals surface area contributed by atoms with Gasteiger partial charge in [-0.2, -0.15) is 0 Å². The first-order valence-corrected chi connectivity index (χ1v) is 7.53. The van der Waals surface area contributed by atoms with Crippen LogP contribution in [0.1, 0.15) is 18.4 Å². The number of benzene rings is 1. The molecular formula is C17H20N2O4. The van der Waals surface area contributed by atoms with Gasteiger partial charge in [-0.25, -0.2) is 0 Å². The molecule has 1 heterocycles. The minimum Gasteiger partial charge on any atom is -0.455 e. The monoisotopic (exact) mass is 316 g/mol. The lowest BCUT2D eigenvalue weighted by Gasteiger charge is -2.30. The zero-order valence-corrected chi connectivity index (χ0v) is 12.8. The van der Waals surface area contributed by atoms with Crippen LogP contribution in [0.2, 0.25) is 0 Å². The van der Waals surface area contributed by atoms with Crippen molar-refractivity contribution in [2.75, 3.05) is 19.7 Å². The Morgan fingerprint density at radius 2 is 1.83 bits per heavy atom. The topological polar surface area (TPSA) is 89.7 Å². The average molecular weight is 316 g/mol. The summed E-state index contributed by atoms with van der Waals surface area (Å²) < 4.78 is 4.81. The SMILES string of the molecule is NC(=O)COC(=O)C1CCN(C(=O)/C=C/c2ccccc2)CC1. The van der Waals surface area contributed by atoms with Crippen molar-refractivity contribution in [3.05, 3.63) is 42.0 Å². The maximum Gasteiger partial charge on any atom is 0.309 e. The summed E-state index contributed by atoms with van der Waals surface area (Å²) >= 11 is 0. The molecule has 1 aliphatic heterocycles. The number of ether oxygens (including phenoxy) is 1. The van der Waals surface area contributed by atoms with Gasteiger partial charge in [0.15, 0.2) is 6.61 Å². The third kappa shape index (κ3) is 5.25. The fraction of sp³-hybridized carbons (Fsp3) is 0.353. The molecule has 6 heteroatoms. The molecule has 1 aromatic rings. The van der Waals surface area contributed by atoms with E-state index in [9.17, 15) is 14.4 Å². The first-order valence-electron chi connectivity index (χ1n) is 7.53. The van der Waals surface area contributed by atoms with Crippen molar-refractivity contribution in [1.82, 2.24) is 4.90 Å². The maximum absolute atomic E-state index is 12.1. The smallest absolute Gasteiger partial charge is 0.309 e. The van der Waals surface area contributed by atoms with Gasteiger partial charge in [0.25, 0.3) is 5.91 Å². The summed E-state index contributed by atoms with van der Waals surface area (Å²) in [6.45, 7) is 0.598. The minimum atomic E-state index is -0.669. The van der Waals surface area contributed by atoms with Crippen LogP contribution in [0.4, 0.5) is 0 Å². The molecule has 1 aliphatic rings. The van der Waals surface area contributed by atoms with Crippen molar-refractivity contribution < 1.29 is 19.1 Å². The molecule has 0 atom stereocenters. The summed E-state index contributed by atoms with van der Waals surface area (Å²) in [5.41, 5.74) is 5.90. The van der Waals surface area contributed by atoms with Crippen LogP contribution >= 0.6 is 0 Å². The predicted molar refractivity (Wildman–Crippen MR) is 84.9 cm³/mol. The third-order valence-electron chi connectivity index (χ3n) is 3.71. The standard InChI is InChI=1S/C17H20N2O4/c18-15(20)12-23-17(22)14-8-10-19(11-9-14)16(21)7-6-13-4-2-1-3-5-13/h1-7,14H,8-12H2,(H2,18,20)/b7-6+. The van der Waals surface area contributed by atoms with E-state index in [1.807, 2.05) is 30.3 Å². The van der Waals surface area contributed by atoms with Gasteiger partial charge in [0, 0.05) is 19.2 Å². The zero-order chi connectivity index (χ0) is 16.7. The summed E-state index contributed by atoms with van der Waals surface area (Å²) in [5, 5.41) is 0. The van der Waals surface area contributed by atoms with Gasteiger partial charge in [-0.1, -0.05) is 30.3 Å². The largest absolute Gasteiger partial charge is 0.455 e. The van der Waals surface area contributed by atoms with Crippen LogP contribution in [-0.4, -0.2) is 42.4 Å². The number of carbonyl (C=O) groups is 3. The van der Waals surface area contributed by atoms with Gasteiger partial charge in [-0.05, 0) is 24.5 Å². The van der Waals surface area contributed by atoms with Crippen LogP contribution in [0.25, 0.3) is 6.08 Å². The molecule has 0 aliphatic carbocycles. The highest BCUT2D eigenvalue weighted by molar-refractivity contribution is 5.92. The Morgan fingerprint density at radius 1 is 1.17 bits per heavy atom. The first kappa shape index (κ1) is 16.7. The highest BCUT2D eigenvalue weighted by atomic mass is 16.5. The van der Waals surface area contributed by atoms with E-state index in [-0.39, 0.29) is 11.8 Å². The Hall–Kier alpha value is -2.63. The van der Waals surface area contributed by atoms with Crippen LogP contribution in [0.5, 0.6) is 0 Å². The second-order valence-electron chi connectivity index (χ2n) is 5.42. The number of piperidine rings is 1. The molecular weight excluding hydrogens is 296 g/mol. The lowest BCUT2D eigenvalue weighted by Crippen LogP contribution is -2.40. The second kappa shape index (κ2) is 8.12. The van der Waals surface area contributed by atoms with Crippen LogP contribution in [0.3, 0.4) is 0 Å². The van der Waals surface area contributed by atoms with E-state index in [1.165, 1.54) is 0 Å². The van der Waals surface area contributed by atoms with Crippen molar-refractivity contribution >= 4 is 23.9 Å². The molecule has 0 spiro atoms. The molecule has 1 aromatic carbocycles. The zero-order valence-electron chi connectivity index (χ0n) is 12.8. The minimum absolute atomic E-state index is 0.0715. The summed E-state index contributed by atoms with van der Waals surface area (Å²) in [6.07, 6.45) is 4.38. The van der Waals surface area contributed by atoms with Gasteiger partial charge in [0.05, 0.1) is 5.92 Å². The lowest BCUT2D eigenvalue weighted by atomic mass is 9.97. The van der Waals surface area contributed by atoms with E-state index in [2.05, 4.69) is 0 Å². The second-order valence-corrected chi connectivity index (χ2v) is 5.42. The molecule has 0 aromatic heterocycles. The Bertz CT molecular complexity index is 590. The summed E-state index contributed by atoms with van der Waals surface area (Å²) in [6, 6.07) is 9.58. The molecule has 2 N–H and O–H groups in total. The van der Waals surface area contributed by atoms with E-state index < -0.39 is 18.5 Å². The Balaban J connectivity index is 1.79. The van der Waals surface area contributed by atoms with Crippen molar-refractivity contribution in [1.29, 1.82) is 0 Å². The van der Waals surface area contributed by atoms with Crippen molar-refractivity contribution in [3.63, 3.8) is 0 Å². The molecule has 1 fully saturated rings. The quantitative estimate of drug-likeness (QED) is 0.647. The van der Waals surface area contributed by atoms with Crippen molar-refractivity contribution in [3.8, 4) is 0 Å². The number of hydrogen-bond donors (Lipinski definition) is 1. The van der Waals surface area contributed by atoms with E-state index in [0.29, 0.717) is 25.9 Å². The van der Waals surface area contributed by atoms with Crippen LogP contribution in [0.15, 0.2) is 36.4 Å². The maximum atomic E-state index is 12.1. The summed E-state index contributed by atoms with van der Waals surface area (Å²) in [7, 11) is 0. The molecule has 1 saturated heterocycles. The summed E-state index contributed by atoms with van der Waals surface area (Å²) in [4.78, 5) is 36.2. The highest BCUT2D eigenvalue weighted by Crippen LogP contribution is 2.19. The Labute approximate surface area is 134 Å². The molecule has 0 radical (unpaired) electrons. The molecule has 0 unspecified atom stereocenters. The number of hydrogen-bond acceptors (Lipinski definition) is 4. The van der Waals surface area contributed by atoms with Crippen LogP contribution in [-0.2, 0) is 19.1 Å². The van der Waals surface area contributed by atoms with Gasteiger partial charge >= 0.3 is 5.97 Å². The molecule has 0 bridgehead atoms. The molecule has 2 rings (SSSR count). The van der Waals surface area contributed by atoms with Gasteiger partial charge in [0.1, 0.15) is 0 Å². The van der Waals surface area contributed by atoms with Crippen molar-refractivity contribution in [2.24, 2.45) is 11.7 Å². The fourth-order valence-electron chi connectivity index (χ4n) is 2.43. The number of primary amides is 1. The number of amides is 2. The van der Waals surface area contributed by atoms with Gasteiger partial charge in [-0.15, -0.1) is 0 Å². The van der Waals surface area contributed by atoms with E-state index >= 15 is 0 Å². The normalized spacial score (nSPS) is 15.6. The molecule has 0 saturated carbocycles. The van der Waals surface area contributed by atoms with Crippen LogP contribution in [0, 0.1) is 5.92 Å². The highest BCUT2D eigenvalue weighted by Gasteiger charge is 2.27. The fourth-order valence-corrected chi connectivity index (χ4v) is 2.43. The van der Waals surface area contributed by atoms with Gasteiger partial charge in [0.2, 0.25) is 5.91 Å². The molecule has 6 nitrogen and oxygen atoms in total.